The Hall–Kier alpha value is -1.73. The summed E-state index contributed by atoms with van der Waals surface area (Å²) in [7, 11) is 0. The Bertz CT molecular complexity index is 523. The molecule has 8 heteroatoms. The number of aliphatic hydroxyl groups excluding tert-OH is 1. The van der Waals surface area contributed by atoms with E-state index in [0.29, 0.717) is 19.4 Å². The Morgan fingerprint density at radius 2 is 2.37 bits per heavy atom. The maximum absolute atomic E-state index is 12.2. The van der Waals surface area contributed by atoms with Crippen LogP contribution < -0.4 is 0 Å². The molecule has 0 saturated carbocycles. The van der Waals surface area contributed by atoms with E-state index in [1.54, 1.807) is 0 Å². The molecule has 1 saturated heterocycles. The van der Waals surface area contributed by atoms with E-state index in [0.717, 1.165) is 12.3 Å². The molecular weight excluding hydrogens is 274 g/mol. The number of amides is 1. The summed E-state index contributed by atoms with van der Waals surface area (Å²) in [6, 6.07) is 1.11. The van der Waals surface area contributed by atoms with Gasteiger partial charge in [-0.2, -0.15) is 0 Å². The molecule has 1 aromatic heterocycles. The topological polar surface area (TPSA) is 96.6 Å². The minimum Gasteiger partial charge on any atom is -0.391 e. The highest BCUT2D eigenvalue weighted by molar-refractivity contribution is 6.32. The van der Waals surface area contributed by atoms with E-state index in [9.17, 15) is 20.0 Å². The van der Waals surface area contributed by atoms with Crippen molar-refractivity contribution in [1.29, 1.82) is 0 Å². The second-order valence-corrected chi connectivity index (χ2v) is 4.69. The SMILES string of the molecule is O=C(c1cc([N+](=O)[O-])cnc1Cl)N1CCC[C@H](O)C1. The van der Waals surface area contributed by atoms with Crippen molar-refractivity contribution >= 4 is 23.2 Å². The van der Waals surface area contributed by atoms with Gasteiger partial charge in [-0.15, -0.1) is 0 Å². The van der Waals surface area contributed by atoms with Crippen LogP contribution in [0.4, 0.5) is 5.69 Å². The lowest BCUT2D eigenvalue weighted by molar-refractivity contribution is -0.385. The van der Waals surface area contributed by atoms with Gasteiger partial charge >= 0.3 is 0 Å². The molecule has 1 atom stereocenters. The van der Waals surface area contributed by atoms with Crippen molar-refractivity contribution in [3.8, 4) is 0 Å². The first-order valence-corrected chi connectivity index (χ1v) is 6.14. The molecule has 19 heavy (non-hydrogen) atoms. The van der Waals surface area contributed by atoms with Gasteiger partial charge in [0.05, 0.1) is 16.6 Å². The molecule has 1 aliphatic heterocycles. The number of carbonyl (C=O) groups excluding carboxylic acids is 1. The van der Waals surface area contributed by atoms with Crippen LogP contribution in [0.2, 0.25) is 5.15 Å². The molecule has 102 valence electrons. The summed E-state index contributed by atoms with van der Waals surface area (Å²) in [6.45, 7) is 0.701. The van der Waals surface area contributed by atoms with E-state index in [1.165, 1.54) is 4.90 Å². The van der Waals surface area contributed by atoms with Gasteiger partial charge in [0.2, 0.25) is 0 Å². The Balaban J connectivity index is 2.27. The van der Waals surface area contributed by atoms with Gasteiger partial charge in [-0.05, 0) is 12.8 Å². The van der Waals surface area contributed by atoms with E-state index in [4.69, 9.17) is 11.6 Å². The van der Waals surface area contributed by atoms with Gasteiger partial charge in [-0.1, -0.05) is 11.6 Å². The number of rotatable bonds is 2. The van der Waals surface area contributed by atoms with Gasteiger partial charge in [0.25, 0.3) is 11.6 Å². The summed E-state index contributed by atoms with van der Waals surface area (Å²) in [6.07, 6.45) is 1.77. The van der Waals surface area contributed by atoms with Crippen molar-refractivity contribution in [2.45, 2.75) is 18.9 Å². The van der Waals surface area contributed by atoms with Crippen molar-refractivity contribution < 1.29 is 14.8 Å². The second-order valence-electron chi connectivity index (χ2n) is 4.34. The summed E-state index contributed by atoms with van der Waals surface area (Å²) in [5.74, 6) is -0.444. The van der Waals surface area contributed by atoms with E-state index >= 15 is 0 Å². The maximum atomic E-state index is 12.2. The minimum absolute atomic E-state index is 0.00929. The van der Waals surface area contributed by atoms with Gasteiger partial charge in [-0.3, -0.25) is 14.9 Å². The lowest BCUT2D eigenvalue weighted by atomic mass is 10.1. The van der Waals surface area contributed by atoms with Crippen LogP contribution in [0.15, 0.2) is 12.3 Å². The van der Waals surface area contributed by atoms with Gasteiger partial charge < -0.3 is 10.0 Å². The summed E-state index contributed by atoms with van der Waals surface area (Å²) >= 11 is 5.81. The Labute approximate surface area is 114 Å². The summed E-state index contributed by atoms with van der Waals surface area (Å²) in [5, 5.41) is 20.1. The third-order valence-electron chi connectivity index (χ3n) is 2.95. The third kappa shape index (κ3) is 2.99. The van der Waals surface area contributed by atoms with Crippen molar-refractivity contribution in [1.82, 2.24) is 9.88 Å². The molecule has 0 aliphatic carbocycles. The number of halogens is 1. The predicted molar refractivity (Wildman–Crippen MR) is 67.0 cm³/mol. The zero-order chi connectivity index (χ0) is 14.0. The largest absolute Gasteiger partial charge is 0.391 e. The molecule has 0 unspecified atom stereocenters. The summed E-state index contributed by atoms with van der Waals surface area (Å²) in [4.78, 5) is 27.3. The van der Waals surface area contributed by atoms with Gasteiger partial charge in [0.1, 0.15) is 11.3 Å². The number of likely N-dealkylation sites (tertiary alicyclic amines) is 1. The molecular formula is C11H12ClN3O4. The number of hydrogen-bond donors (Lipinski definition) is 1. The number of pyridine rings is 1. The fourth-order valence-electron chi connectivity index (χ4n) is 2.00. The highest BCUT2D eigenvalue weighted by Gasteiger charge is 2.26. The number of piperidine rings is 1. The molecule has 1 N–H and O–H groups in total. The number of carbonyl (C=O) groups is 1. The number of nitrogens with zero attached hydrogens (tertiary/aromatic N) is 3. The van der Waals surface area contributed by atoms with Gasteiger partial charge in [-0.25, -0.2) is 4.98 Å². The average Bonchev–Trinajstić information content (AvgIpc) is 2.38. The van der Waals surface area contributed by atoms with Crippen LogP contribution in [-0.4, -0.2) is 45.0 Å². The Kier molecular flexibility index (Phi) is 3.96. The van der Waals surface area contributed by atoms with Crippen LogP contribution in [0.3, 0.4) is 0 Å². The average molecular weight is 286 g/mol. The molecule has 1 fully saturated rings. The van der Waals surface area contributed by atoms with Crippen LogP contribution in [0.5, 0.6) is 0 Å². The van der Waals surface area contributed by atoms with Crippen LogP contribution in [0.1, 0.15) is 23.2 Å². The number of nitro groups is 1. The van der Waals surface area contributed by atoms with Gasteiger partial charge in [0.15, 0.2) is 0 Å². The molecule has 0 bridgehead atoms. The molecule has 0 aromatic carbocycles. The van der Waals surface area contributed by atoms with Crippen LogP contribution >= 0.6 is 11.6 Å². The molecule has 2 heterocycles. The first-order chi connectivity index (χ1) is 8.99. The first kappa shape index (κ1) is 13.7. The third-order valence-corrected chi connectivity index (χ3v) is 3.25. The van der Waals surface area contributed by atoms with Crippen molar-refractivity contribution in [3.05, 3.63) is 33.1 Å². The normalized spacial score (nSPS) is 19.3. The predicted octanol–water partition coefficient (Wildman–Crippen LogP) is 1.24. The maximum Gasteiger partial charge on any atom is 0.288 e. The van der Waals surface area contributed by atoms with Crippen molar-refractivity contribution in [3.63, 3.8) is 0 Å². The Morgan fingerprint density at radius 3 is 3.00 bits per heavy atom. The van der Waals surface area contributed by atoms with Gasteiger partial charge in [0, 0.05) is 19.2 Å². The fraction of sp³-hybridized carbons (Fsp3) is 0.455. The quantitative estimate of drug-likeness (QED) is 0.501. The molecule has 1 amide bonds. The van der Waals surface area contributed by atoms with Crippen LogP contribution in [-0.2, 0) is 0 Å². The molecule has 0 spiro atoms. The van der Waals surface area contributed by atoms with Crippen molar-refractivity contribution in [2.75, 3.05) is 13.1 Å². The molecule has 1 aromatic rings. The van der Waals surface area contributed by atoms with E-state index in [1.807, 2.05) is 0 Å². The monoisotopic (exact) mass is 285 g/mol. The number of aliphatic hydroxyl groups is 1. The first-order valence-electron chi connectivity index (χ1n) is 5.76. The molecule has 2 rings (SSSR count). The van der Waals surface area contributed by atoms with Crippen molar-refractivity contribution in [2.24, 2.45) is 0 Å². The fourth-order valence-corrected chi connectivity index (χ4v) is 2.18. The molecule has 1 aliphatic rings. The number of aromatic nitrogens is 1. The van der Waals surface area contributed by atoms with E-state index in [2.05, 4.69) is 4.98 Å². The lowest BCUT2D eigenvalue weighted by Crippen LogP contribution is -2.42. The molecule has 7 nitrogen and oxygen atoms in total. The smallest absolute Gasteiger partial charge is 0.288 e. The van der Waals surface area contributed by atoms with Crippen LogP contribution in [0.25, 0.3) is 0 Å². The van der Waals surface area contributed by atoms with E-state index in [-0.39, 0.29) is 22.9 Å². The highest BCUT2D eigenvalue weighted by atomic mass is 35.5. The summed E-state index contributed by atoms with van der Waals surface area (Å²) < 4.78 is 0. The lowest BCUT2D eigenvalue weighted by Gasteiger charge is -2.30. The second kappa shape index (κ2) is 5.50. The minimum atomic E-state index is -0.634. The number of hydrogen-bond acceptors (Lipinski definition) is 5. The molecule has 0 radical (unpaired) electrons. The summed E-state index contributed by atoms with van der Waals surface area (Å²) in [5.41, 5.74) is -0.296. The number of β-amino-alcohol motifs (C(OH)–C–C–N with tert-alkyl or cyclic N) is 1. The zero-order valence-electron chi connectivity index (χ0n) is 9.95. The van der Waals surface area contributed by atoms with Crippen LogP contribution in [0, 0.1) is 10.1 Å². The standard InChI is InChI=1S/C11H12ClN3O4/c12-10-9(4-7(5-13-10)15(18)19)11(17)14-3-1-2-8(16)6-14/h4-5,8,16H,1-3,6H2/t8-/m0/s1. The van der Waals surface area contributed by atoms with E-state index < -0.39 is 16.9 Å². The highest BCUT2D eigenvalue weighted by Crippen LogP contribution is 2.22. The Morgan fingerprint density at radius 1 is 1.63 bits per heavy atom. The zero-order valence-corrected chi connectivity index (χ0v) is 10.7.